The second-order valence-corrected chi connectivity index (χ2v) is 5.30. The van der Waals surface area contributed by atoms with Crippen LogP contribution in [-0.4, -0.2) is 18.0 Å². The second kappa shape index (κ2) is 5.35. The summed E-state index contributed by atoms with van der Waals surface area (Å²) in [7, 11) is 0. The van der Waals surface area contributed by atoms with E-state index in [-0.39, 0.29) is 17.4 Å². The minimum absolute atomic E-state index is 0.0470. The lowest BCUT2D eigenvalue weighted by atomic mass is 9.95. The van der Waals surface area contributed by atoms with Gasteiger partial charge in [-0.25, -0.2) is 0 Å². The summed E-state index contributed by atoms with van der Waals surface area (Å²) < 4.78 is 0. The van der Waals surface area contributed by atoms with Crippen LogP contribution in [0.1, 0.15) is 41.0 Å². The van der Waals surface area contributed by atoms with E-state index in [9.17, 15) is 4.79 Å². The van der Waals surface area contributed by atoms with Crippen LogP contribution in [0.4, 0.5) is 0 Å². The average Bonchev–Trinajstić information content (AvgIpc) is 1.96. The Kier molecular flexibility index (Phi) is 5.13. The number of hydrogen-bond donors (Lipinski definition) is 2. The van der Waals surface area contributed by atoms with Crippen molar-refractivity contribution in [2.45, 2.75) is 46.6 Å². The molecule has 0 aliphatic heterocycles. The summed E-state index contributed by atoms with van der Waals surface area (Å²) in [5, 5.41) is 2.96. The Morgan fingerprint density at radius 1 is 1.36 bits per heavy atom. The van der Waals surface area contributed by atoms with Crippen LogP contribution in [0, 0.1) is 11.8 Å². The van der Waals surface area contributed by atoms with Gasteiger partial charge in [-0.1, -0.05) is 13.8 Å². The molecule has 84 valence electrons. The van der Waals surface area contributed by atoms with Gasteiger partial charge in [0.15, 0.2) is 0 Å². The molecule has 0 radical (unpaired) electrons. The van der Waals surface area contributed by atoms with Gasteiger partial charge in [0.25, 0.3) is 0 Å². The SMILES string of the molecule is CC(C)CC(CN)C(=O)NC(C)(C)C. The summed E-state index contributed by atoms with van der Waals surface area (Å²) in [6.45, 7) is 10.6. The molecule has 14 heavy (non-hydrogen) atoms. The largest absolute Gasteiger partial charge is 0.351 e. The molecule has 0 saturated heterocycles. The lowest BCUT2D eigenvalue weighted by Gasteiger charge is -2.25. The highest BCUT2D eigenvalue weighted by atomic mass is 16.2. The molecular formula is C11H24N2O. The molecule has 3 heteroatoms. The number of carbonyl (C=O) groups is 1. The van der Waals surface area contributed by atoms with Crippen molar-refractivity contribution >= 4 is 5.91 Å². The highest BCUT2D eigenvalue weighted by Gasteiger charge is 2.22. The number of hydrogen-bond acceptors (Lipinski definition) is 2. The Morgan fingerprint density at radius 3 is 2.14 bits per heavy atom. The molecule has 3 N–H and O–H groups in total. The Bertz CT molecular complexity index is 182. The third-order valence-corrected chi connectivity index (χ3v) is 1.91. The third kappa shape index (κ3) is 5.97. The predicted octanol–water partition coefficient (Wildman–Crippen LogP) is 1.52. The average molecular weight is 200 g/mol. The Balaban J connectivity index is 4.18. The van der Waals surface area contributed by atoms with E-state index < -0.39 is 0 Å². The molecule has 1 atom stereocenters. The minimum Gasteiger partial charge on any atom is -0.351 e. The summed E-state index contributed by atoms with van der Waals surface area (Å²) in [6.07, 6.45) is 0.860. The zero-order chi connectivity index (χ0) is 11.4. The van der Waals surface area contributed by atoms with Crippen molar-refractivity contribution in [3.05, 3.63) is 0 Å². The number of amides is 1. The molecule has 0 saturated carbocycles. The number of nitrogens with two attached hydrogens (primary N) is 1. The first kappa shape index (κ1) is 13.4. The summed E-state index contributed by atoms with van der Waals surface area (Å²) in [6, 6.07) is 0. The number of nitrogens with one attached hydrogen (secondary N) is 1. The summed E-state index contributed by atoms with van der Waals surface area (Å²) in [4.78, 5) is 11.7. The van der Waals surface area contributed by atoms with Crippen molar-refractivity contribution < 1.29 is 4.79 Å². The topological polar surface area (TPSA) is 55.1 Å². The van der Waals surface area contributed by atoms with E-state index >= 15 is 0 Å². The lowest BCUT2D eigenvalue weighted by Crippen LogP contribution is -2.45. The van der Waals surface area contributed by atoms with Crippen molar-refractivity contribution in [2.24, 2.45) is 17.6 Å². The minimum atomic E-state index is -0.165. The van der Waals surface area contributed by atoms with Gasteiger partial charge in [0, 0.05) is 12.1 Å². The molecule has 0 rings (SSSR count). The van der Waals surface area contributed by atoms with Crippen LogP contribution in [-0.2, 0) is 4.79 Å². The maximum atomic E-state index is 11.7. The van der Waals surface area contributed by atoms with Crippen molar-refractivity contribution in [2.75, 3.05) is 6.54 Å². The van der Waals surface area contributed by atoms with E-state index in [1.165, 1.54) is 0 Å². The van der Waals surface area contributed by atoms with Gasteiger partial charge in [-0.3, -0.25) is 4.79 Å². The fourth-order valence-corrected chi connectivity index (χ4v) is 1.35. The fourth-order valence-electron chi connectivity index (χ4n) is 1.35. The van der Waals surface area contributed by atoms with Gasteiger partial charge in [0.05, 0.1) is 5.92 Å². The van der Waals surface area contributed by atoms with Crippen LogP contribution in [0.5, 0.6) is 0 Å². The van der Waals surface area contributed by atoms with E-state index in [1.54, 1.807) is 0 Å². The fraction of sp³-hybridized carbons (Fsp3) is 0.909. The summed E-state index contributed by atoms with van der Waals surface area (Å²) in [5.74, 6) is 0.539. The number of rotatable bonds is 4. The first-order chi connectivity index (χ1) is 6.26. The highest BCUT2D eigenvalue weighted by Crippen LogP contribution is 2.12. The smallest absolute Gasteiger partial charge is 0.224 e. The highest BCUT2D eigenvalue weighted by molar-refractivity contribution is 5.79. The van der Waals surface area contributed by atoms with Crippen LogP contribution in [0.3, 0.4) is 0 Å². The van der Waals surface area contributed by atoms with E-state index in [0.29, 0.717) is 12.5 Å². The van der Waals surface area contributed by atoms with Crippen LogP contribution in [0.25, 0.3) is 0 Å². The molecule has 0 heterocycles. The molecule has 0 aromatic carbocycles. The Hall–Kier alpha value is -0.570. The normalized spacial score (nSPS) is 14.2. The zero-order valence-electron chi connectivity index (χ0n) is 10.1. The lowest BCUT2D eigenvalue weighted by molar-refractivity contribution is -0.126. The van der Waals surface area contributed by atoms with Gasteiger partial charge in [0.2, 0.25) is 5.91 Å². The van der Waals surface area contributed by atoms with Crippen LogP contribution in [0.15, 0.2) is 0 Å². The molecule has 1 unspecified atom stereocenters. The van der Waals surface area contributed by atoms with Gasteiger partial charge in [-0.2, -0.15) is 0 Å². The quantitative estimate of drug-likeness (QED) is 0.723. The standard InChI is InChI=1S/C11H24N2O/c1-8(2)6-9(7-12)10(14)13-11(3,4)5/h8-9H,6-7,12H2,1-5H3,(H,13,14). The van der Waals surface area contributed by atoms with Gasteiger partial charge in [0.1, 0.15) is 0 Å². The molecule has 1 amide bonds. The molecular weight excluding hydrogens is 176 g/mol. The van der Waals surface area contributed by atoms with E-state index in [0.717, 1.165) is 6.42 Å². The van der Waals surface area contributed by atoms with Gasteiger partial charge < -0.3 is 11.1 Å². The second-order valence-electron chi connectivity index (χ2n) is 5.30. The zero-order valence-corrected chi connectivity index (χ0v) is 10.1. The first-order valence-electron chi connectivity index (χ1n) is 5.28. The first-order valence-corrected chi connectivity index (χ1v) is 5.28. The molecule has 0 bridgehead atoms. The van der Waals surface area contributed by atoms with Crippen molar-refractivity contribution in [1.29, 1.82) is 0 Å². The van der Waals surface area contributed by atoms with E-state index in [1.807, 2.05) is 20.8 Å². The molecule has 0 spiro atoms. The molecule has 0 aliphatic carbocycles. The Morgan fingerprint density at radius 2 is 1.86 bits per heavy atom. The summed E-state index contributed by atoms with van der Waals surface area (Å²) >= 11 is 0. The number of carbonyl (C=O) groups excluding carboxylic acids is 1. The van der Waals surface area contributed by atoms with Crippen LogP contribution in [0.2, 0.25) is 0 Å². The maximum absolute atomic E-state index is 11.7. The molecule has 3 nitrogen and oxygen atoms in total. The van der Waals surface area contributed by atoms with Crippen molar-refractivity contribution in [3.8, 4) is 0 Å². The monoisotopic (exact) mass is 200 g/mol. The van der Waals surface area contributed by atoms with Crippen molar-refractivity contribution in [1.82, 2.24) is 5.32 Å². The van der Waals surface area contributed by atoms with E-state index in [2.05, 4.69) is 19.2 Å². The van der Waals surface area contributed by atoms with Crippen molar-refractivity contribution in [3.63, 3.8) is 0 Å². The molecule has 0 aliphatic rings. The molecule has 0 aromatic rings. The molecule has 0 aromatic heterocycles. The third-order valence-electron chi connectivity index (χ3n) is 1.91. The molecule has 0 fully saturated rings. The van der Waals surface area contributed by atoms with Gasteiger partial charge in [-0.05, 0) is 33.1 Å². The van der Waals surface area contributed by atoms with Crippen LogP contribution >= 0.6 is 0 Å². The maximum Gasteiger partial charge on any atom is 0.224 e. The van der Waals surface area contributed by atoms with Gasteiger partial charge >= 0.3 is 0 Å². The predicted molar refractivity (Wildman–Crippen MR) is 59.9 cm³/mol. The van der Waals surface area contributed by atoms with Crippen LogP contribution < -0.4 is 11.1 Å². The van der Waals surface area contributed by atoms with Gasteiger partial charge in [-0.15, -0.1) is 0 Å². The van der Waals surface area contributed by atoms with E-state index in [4.69, 9.17) is 5.73 Å². The summed E-state index contributed by atoms with van der Waals surface area (Å²) in [5.41, 5.74) is 5.41. The Labute approximate surface area is 87.4 Å².